The van der Waals surface area contributed by atoms with Crippen LogP contribution in [0.2, 0.25) is 0 Å². The first-order chi connectivity index (χ1) is 11.1. The first kappa shape index (κ1) is 16.7. The normalized spacial score (nSPS) is 17.3. The Labute approximate surface area is 145 Å². The molecular weight excluding hydrogens is 326 g/mol. The van der Waals surface area contributed by atoms with Crippen LogP contribution < -0.4 is 5.32 Å². The smallest absolute Gasteiger partial charge is 0.230 e. The van der Waals surface area contributed by atoms with Gasteiger partial charge in [0, 0.05) is 23.7 Å². The van der Waals surface area contributed by atoms with E-state index in [1.807, 2.05) is 11.3 Å². The standard InChI is InChI=1S/C17H23N3OS2/c1-4-5-13-19-16(22-9-14(21)18-3)15-11-7-6-10(2)8-12(11)23-17(15)20-13/h10H,4-9H2,1-3H3,(H,18,21). The van der Waals surface area contributed by atoms with Gasteiger partial charge in [-0.05, 0) is 37.2 Å². The summed E-state index contributed by atoms with van der Waals surface area (Å²) in [6.07, 6.45) is 5.42. The second kappa shape index (κ2) is 7.18. The molecule has 1 amide bonds. The van der Waals surface area contributed by atoms with Crippen molar-refractivity contribution in [3.8, 4) is 0 Å². The number of carbonyl (C=O) groups excluding carboxylic acids is 1. The predicted octanol–water partition coefficient (Wildman–Crippen LogP) is 3.61. The highest BCUT2D eigenvalue weighted by Crippen LogP contribution is 2.40. The van der Waals surface area contributed by atoms with E-state index in [1.54, 1.807) is 18.8 Å². The Hall–Kier alpha value is -1.14. The van der Waals surface area contributed by atoms with Crippen LogP contribution >= 0.6 is 23.1 Å². The number of carbonyl (C=O) groups is 1. The van der Waals surface area contributed by atoms with Gasteiger partial charge in [0.25, 0.3) is 0 Å². The molecule has 1 aliphatic rings. The van der Waals surface area contributed by atoms with Gasteiger partial charge in [0.1, 0.15) is 15.7 Å². The van der Waals surface area contributed by atoms with Crippen LogP contribution in [-0.4, -0.2) is 28.7 Å². The fraction of sp³-hybridized carbons (Fsp3) is 0.588. The zero-order valence-corrected chi connectivity index (χ0v) is 15.6. The molecule has 6 heteroatoms. The maximum atomic E-state index is 11.6. The predicted molar refractivity (Wildman–Crippen MR) is 97.4 cm³/mol. The monoisotopic (exact) mass is 349 g/mol. The van der Waals surface area contributed by atoms with Gasteiger partial charge in [0.05, 0.1) is 5.75 Å². The van der Waals surface area contributed by atoms with Gasteiger partial charge in [0.2, 0.25) is 5.91 Å². The second-order valence-electron chi connectivity index (χ2n) is 6.19. The van der Waals surface area contributed by atoms with Gasteiger partial charge < -0.3 is 5.32 Å². The number of fused-ring (bicyclic) bond motifs is 3. The number of thioether (sulfide) groups is 1. The number of hydrogen-bond acceptors (Lipinski definition) is 5. The molecule has 1 unspecified atom stereocenters. The van der Waals surface area contributed by atoms with Gasteiger partial charge in [-0.1, -0.05) is 25.6 Å². The molecule has 0 spiro atoms. The van der Waals surface area contributed by atoms with Gasteiger partial charge in [0.15, 0.2) is 0 Å². The fourth-order valence-electron chi connectivity index (χ4n) is 3.00. The molecule has 0 radical (unpaired) electrons. The third-order valence-electron chi connectivity index (χ3n) is 4.26. The van der Waals surface area contributed by atoms with Crippen molar-refractivity contribution in [2.45, 2.75) is 51.0 Å². The molecule has 1 aliphatic carbocycles. The van der Waals surface area contributed by atoms with E-state index in [0.29, 0.717) is 5.75 Å². The van der Waals surface area contributed by atoms with Crippen molar-refractivity contribution in [2.75, 3.05) is 12.8 Å². The lowest BCUT2D eigenvalue weighted by molar-refractivity contribution is -0.118. The first-order valence-electron chi connectivity index (χ1n) is 8.26. The Morgan fingerprint density at radius 1 is 1.43 bits per heavy atom. The zero-order valence-electron chi connectivity index (χ0n) is 13.9. The number of hydrogen-bond donors (Lipinski definition) is 1. The summed E-state index contributed by atoms with van der Waals surface area (Å²) >= 11 is 3.38. The maximum Gasteiger partial charge on any atom is 0.230 e. The second-order valence-corrected chi connectivity index (χ2v) is 8.24. The van der Waals surface area contributed by atoms with Crippen LogP contribution in [0, 0.1) is 5.92 Å². The third kappa shape index (κ3) is 3.53. The lowest BCUT2D eigenvalue weighted by Gasteiger charge is -2.18. The van der Waals surface area contributed by atoms with Crippen molar-refractivity contribution in [3.63, 3.8) is 0 Å². The minimum atomic E-state index is 0.0384. The zero-order chi connectivity index (χ0) is 16.4. The van der Waals surface area contributed by atoms with Crippen LogP contribution in [0.5, 0.6) is 0 Å². The van der Waals surface area contributed by atoms with E-state index in [9.17, 15) is 4.79 Å². The van der Waals surface area contributed by atoms with Gasteiger partial charge in [-0.15, -0.1) is 11.3 Å². The summed E-state index contributed by atoms with van der Waals surface area (Å²) in [5.74, 6) is 2.11. The number of aromatic nitrogens is 2. The van der Waals surface area contributed by atoms with Crippen molar-refractivity contribution in [3.05, 3.63) is 16.3 Å². The van der Waals surface area contributed by atoms with Gasteiger partial charge in [-0.3, -0.25) is 4.79 Å². The lowest BCUT2D eigenvalue weighted by Crippen LogP contribution is -2.19. The Morgan fingerprint density at radius 2 is 2.26 bits per heavy atom. The summed E-state index contributed by atoms with van der Waals surface area (Å²) in [6.45, 7) is 4.47. The van der Waals surface area contributed by atoms with Crippen LogP contribution in [0.1, 0.15) is 43.0 Å². The van der Waals surface area contributed by atoms with Crippen molar-refractivity contribution in [2.24, 2.45) is 5.92 Å². The number of rotatable bonds is 5. The van der Waals surface area contributed by atoms with E-state index >= 15 is 0 Å². The van der Waals surface area contributed by atoms with Crippen molar-refractivity contribution in [1.82, 2.24) is 15.3 Å². The molecule has 1 N–H and O–H groups in total. The Morgan fingerprint density at radius 3 is 3.00 bits per heavy atom. The number of thiophene rings is 1. The molecule has 2 aromatic rings. The number of aryl methyl sites for hydroxylation is 2. The van der Waals surface area contributed by atoms with Crippen molar-refractivity contribution < 1.29 is 4.79 Å². The van der Waals surface area contributed by atoms with Crippen molar-refractivity contribution in [1.29, 1.82) is 0 Å². The molecule has 0 aliphatic heterocycles. The summed E-state index contributed by atoms with van der Waals surface area (Å²) in [4.78, 5) is 23.8. The minimum Gasteiger partial charge on any atom is -0.358 e. The quantitative estimate of drug-likeness (QED) is 0.662. The summed E-state index contributed by atoms with van der Waals surface area (Å²) in [7, 11) is 1.68. The van der Waals surface area contributed by atoms with Gasteiger partial charge in [-0.2, -0.15) is 0 Å². The highest BCUT2D eigenvalue weighted by molar-refractivity contribution is 8.00. The maximum absolute atomic E-state index is 11.6. The molecule has 2 heterocycles. The highest BCUT2D eigenvalue weighted by Gasteiger charge is 2.24. The molecule has 0 fully saturated rings. The fourth-order valence-corrected chi connectivity index (χ4v) is 5.41. The summed E-state index contributed by atoms with van der Waals surface area (Å²) in [5.41, 5.74) is 1.44. The Bertz CT molecular complexity index is 726. The van der Waals surface area contributed by atoms with Gasteiger partial charge in [-0.25, -0.2) is 9.97 Å². The first-order valence-corrected chi connectivity index (χ1v) is 10.1. The van der Waals surface area contributed by atoms with Crippen LogP contribution in [0.15, 0.2) is 5.03 Å². The Kier molecular flexibility index (Phi) is 5.21. The molecule has 0 aromatic carbocycles. The molecule has 1 atom stereocenters. The molecule has 0 bridgehead atoms. The number of nitrogens with one attached hydrogen (secondary N) is 1. The van der Waals surface area contributed by atoms with E-state index < -0.39 is 0 Å². The van der Waals surface area contributed by atoms with E-state index in [0.717, 1.165) is 47.3 Å². The number of amides is 1. The van der Waals surface area contributed by atoms with Crippen molar-refractivity contribution >= 4 is 39.2 Å². The Balaban J connectivity index is 2.04. The molecule has 4 nitrogen and oxygen atoms in total. The van der Waals surface area contributed by atoms with Crippen LogP contribution in [-0.2, 0) is 24.1 Å². The molecule has 23 heavy (non-hydrogen) atoms. The highest BCUT2D eigenvalue weighted by atomic mass is 32.2. The molecule has 3 rings (SSSR count). The third-order valence-corrected chi connectivity index (χ3v) is 6.38. The van der Waals surface area contributed by atoms with E-state index in [-0.39, 0.29) is 5.91 Å². The van der Waals surface area contributed by atoms with E-state index in [4.69, 9.17) is 9.97 Å². The average molecular weight is 350 g/mol. The minimum absolute atomic E-state index is 0.0384. The van der Waals surface area contributed by atoms with Gasteiger partial charge >= 0.3 is 0 Å². The van der Waals surface area contributed by atoms with Crippen LogP contribution in [0.3, 0.4) is 0 Å². The summed E-state index contributed by atoms with van der Waals surface area (Å²) in [5, 5.41) is 4.89. The SMILES string of the molecule is CCCc1nc(SCC(=O)NC)c2c3c(sc2n1)CC(C)CC3. The molecular formula is C17H23N3OS2. The number of nitrogens with zero attached hydrogens (tertiary/aromatic N) is 2. The largest absolute Gasteiger partial charge is 0.358 e. The van der Waals surface area contributed by atoms with E-state index in [2.05, 4.69) is 19.2 Å². The lowest BCUT2D eigenvalue weighted by atomic mass is 9.89. The molecule has 124 valence electrons. The van der Waals surface area contributed by atoms with Crippen LogP contribution in [0.25, 0.3) is 10.2 Å². The summed E-state index contributed by atoms with van der Waals surface area (Å²) < 4.78 is 0. The van der Waals surface area contributed by atoms with Crippen LogP contribution in [0.4, 0.5) is 0 Å². The topological polar surface area (TPSA) is 54.9 Å². The molecule has 2 aromatic heterocycles. The van der Waals surface area contributed by atoms with E-state index in [1.165, 1.54) is 22.2 Å². The average Bonchev–Trinajstić information content (AvgIpc) is 2.89. The molecule has 0 saturated carbocycles. The summed E-state index contributed by atoms with van der Waals surface area (Å²) in [6, 6.07) is 0. The molecule has 0 saturated heterocycles.